The van der Waals surface area contributed by atoms with Gasteiger partial charge in [-0.1, -0.05) is 29.8 Å². The van der Waals surface area contributed by atoms with E-state index in [2.05, 4.69) is 5.32 Å². The Balaban J connectivity index is 1.73. The molecule has 8 heteroatoms. The van der Waals surface area contributed by atoms with Crippen LogP contribution in [0.1, 0.15) is 30.9 Å². The van der Waals surface area contributed by atoms with Crippen LogP contribution in [-0.2, 0) is 19.9 Å². The molecule has 2 atom stereocenters. The summed E-state index contributed by atoms with van der Waals surface area (Å²) < 4.78 is 0. The monoisotopic (exact) mass is 373 g/mol. The molecule has 27 heavy (non-hydrogen) atoms. The van der Waals surface area contributed by atoms with Crippen molar-refractivity contribution in [2.75, 3.05) is 19.6 Å². The van der Waals surface area contributed by atoms with Crippen molar-refractivity contribution in [1.82, 2.24) is 15.1 Å². The number of benzene rings is 1. The quantitative estimate of drug-likeness (QED) is 0.768. The van der Waals surface area contributed by atoms with Gasteiger partial charge >= 0.3 is 12.0 Å². The maximum absolute atomic E-state index is 12.9. The van der Waals surface area contributed by atoms with Crippen LogP contribution in [0.5, 0.6) is 0 Å². The molecule has 0 aromatic heterocycles. The molecular weight excluding hydrogens is 350 g/mol. The van der Waals surface area contributed by atoms with Crippen LogP contribution in [0.4, 0.5) is 4.79 Å². The first-order valence-electron chi connectivity index (χ1n) is 8.94. The van der Waals surface area contributed by atoms with Crippen LogP contribution >= 0.6 is 0 Å². The summed E-state index contributed by atoms with van der Waals surface area (Å²) in [7, 11) is 0. The lowest BCUT2D eigenvalue weighted by Crippen LogP contribution is -2.48. The molecule has 8 nitrogen and oxygen atoms in total. The van der Waals surface area contributed by atoms with Crippen molar-refractivity contribution in [3.8, 4) is 0 Å². The normalized spacial score (nSPS) is 25.5. The molecule has 144 valence electrons. The van der Waals surface area contributed by atoms with Crippen LogP contribution in [0.3, 0.4) is 0 Å². The third kappa shape index (κ3) is 3.51. The number of urea groups is 1. The minimum absolute atomic E-state index is 0.104. The predicted octanol–water partition coefficient (Wildman–Crippen LogP) is 1.09. The van der Waals surface area contributed by atoms with E-state index in [1.54, 1.807) is 19.1 Å². The lowest BCUT2D eigenvalue weighted by Gasteiger charge is -2.31. The molecule has 0 saturated carbocycles. The van der Waals surface area contributed by atoms with Crippen LogP contribution in [0, 0.1) is 12.8 Å². The van der Waals surface area contributed by atoms with Crippen molar-refractivity contribution in [1.29, 1.82) is 0 Å². The van der Waals surface area contributed by atoms with Gasteiger partial charge in [-0.3, -0.25) is 19.3 Å². The summed E-state index contributed by atoms with van der Waals surface area (Å²) in [5, 5.41) is 11.8. The Kier molecular flexibility index (Phi) is 4.91. The van der Waals surface area contributed by atoms with Gasteiger partial charge in [0.25, 0.3) is 5.91 Å². The van der Waals surface area contributed by atoms with Gasteiger partial charge in [0.15, 0.2) is 0 Å². The van der Waals surface area contributed by atoms with E-state index in [0.717, 1.165) is 10.5 Å². The van der Waals surface area contributed by atoms with E-state index in [4.69, 9.17) is 5.11 Å². The molecule has 2 aliphatic heterocycles. The summed E-state index contributed by atoms with van der Waals surface area (Å²) in [6, 6.07) is 6.64. The summed E-state index contributed by atoms with van der Waals surface area (Å²) in [4.78, 5) is 51.3. The van der Waals surface area contributed by atoms with E-state index in [-0.39, 0.29) is 6.54 Å². The number of nitrogens with zero attached hydrogens (tertiary/aromatic N) is 2. The van der Waals surface area contributed by atoms with Crippen molar-refractivity contribution in [2.24, 2.45) is 5.92 Å². The summed E-state index contributed by atoms with van der Waals surface area (Å²) in [5.41, 5.74) is 0.450. The molecule has 2 heterocycles. The van der Waals surface area contributed by atoms with Gasteiger partial charge in [-0.15, -0.1) is 0 Å². The zero-order valence-corrected chi connectivity index (χ0v) is 15.4. The number of likely N-dealkylation sites (tertiary alicyclic amines) is 1. The molecule has 2 aliphatic rings. The van der Waals surface area contributed by atoms with Gasteiger partial charge in [-0.25, -0.2) is 4.79 Å². The Bertz CT molecular complexity index is 791. The first kappa shape index (κ1) is 18.9. The Morgan fingerprint density at radius 1 is 1.26 bits per heavy atom. The van der Waals surface area contributed by atoms with Crippen molar-refractivity contribution in [3.63, 3.8) is 0 Å². The fraction of sp³-hybridized carbons (Fsp3) is 0.474. The SMILES string of the molecule is Cc1ccc(C2(C)NC(=O)N(CC(=O)N3CCCC(C(=O)O)C3)C2=O)cc1. The zero-order valence-electron chi connectivity index (χ0n) is 15.4. The average Bonchev–Trinajstić information content (AvgIpc) is 2.86. The van der Waals surface area contributed by atoms with Gasteiger partial charge in [0.05, 0.1) is 5.92 Å². The number of aliphatic carboxylic acids is 1. The number of piperidine rings is 1. The van der Waals surface area contributed by atoms with Crippen LogP contribution in [-0.4, -0.2) is 58.4 Å². The predicted molar refractivity (Wildman–Crippen MR) is 95.7 cm³/mol. The number of rotatable bonds is 4. The first-order chi connectivity index (χ1) is 12.7. The molecule has 0 radical (unpaired) electrons. The molecule has 2 saturated heterocycles. The van der Waals surface area contributed by atoms with Gasteiger partial charge in [-0.05, 0) is 32.3 Å². The standard InChI is InChI=1S/C19H23N3O5/c1-12-5-7-14(8-6-12)19(2)17(26)22(18(27)20-19)11-15(23)21-9-3-4-13(10-21)16(24)25/h5-8,13H,3-4,9-11H2,1-2H3,(H,20,27)(H,24,25). The topological polar surface area (TPSA) is 107 Å². The van der Waals surface area contributed by atoms with E-state index in [0.29, 0.717) is 24.9 Å². The summed E-state index contributed by atoms with van der Waals surface area (Å²) >= 11 is 0. The highest BCUT2D eigenvalue weighted by atomic mass is 16.4. The molecule has 2 N–H and O–H groups in total. The average molecular weight is 373 g/mol. The number of imide groups is 1. The fourth-order valence-electron chi connectivity index (χ4n) is 3.56. The summed E-state index contributed by atoms with van der Waals surface area (Å²) in [5.74, 6) is -2.45. The number of carboxylic acids is 1. The first-order valence-corrected chi connectivity index (χ1v) is 8.94. The zero-order chi connectivity index (χ0) is 19.8. The molecular formula is C19H23N3O5. The highest BCUT2D eigenvalue weighted by Gasteiger charge is 2.49. The second-order valence-corrected chi connectivity index (χ2v) is 7.33. The molecule has 0 aliphatic carbocycles. The van der Waals surface area contributed by atoms with E-state index in [1.165, 1.54) is 4.90 Å². The van der Waals surface area contributed by atoms with E-state index in [9.17, 15) is 19.2 Å². The Morgan fingerprint density at radius 3 is 2.56 bits per heavy atom. The second kappa shape index (κ2) is 7.02. The third-order valence-electron chi connectivity index (χ3n) is 5.32. The van der Waals surface area contributed by atoms with E-state index < -0.39 is 41.8 Å². The second-order valence-electron chi connectivity index (χ2n) is 7.33. The van der Waals surface area contributed by atoms with Crippen molar-refractivity contribution >= 4 is 23.8 Å². The molecule has 3 rings (SSSR count). The van der Waals surface area contributed by atoms with Gasteiger partial charge < -0.3 is 15.3 Å². The lowest BCUT2D eigenvalue weighted by molar-refractivity contribution is -0.147. The molecule has 2 fully saturated rings. The molecule has 2 unspecified atom stereocenters. The largest absolute Gasteiger partial charge is 0.481 e. The highest BCUT2D eigenvalue weighted by Crippen LogP contribution is 2.29. The minimum atomic E-state index is -1.23. The Hall–Kier alpha value is -2.90. The van der Waals surface area contributed by atoms with Crippen molar-refractivity contribution < 1.29 is 24.3 Å². The van der Waals surface area contributed by atoms with E-state index in [1.807, 2.05) is 19.1 Å². The van der Waals surface area contributed by atoms with Crippen LogP contribution in [0.2, 0.25) is 0 Å². The number of aryl methyl sites for hydroxylation is 1. The minimum Gasteiger partial charge on any atom is -0.481 e. The highest BCUT2D eigenvalue weighted by molar-refractivity contribution is 6.09. The molecule has 0 bridgehead atoms. The van der Waals surface area contributed by atoms with Gasteiger partial charge in [-0.2, -0.15) is 0 Å². The molecule has 1 aromatic carbocycles. The van der Waals surface area contributed by atoms with E-state index >= 15 is 0 Å². The summed E-state index contributed by atoms with van der Waals surface area (Å²) in [6.07, 6.45) is 1.11. The number of hydrogen-bond acceptors (Lipinski definition) is 4. The van der Waals surface area contributed by atoms with Gasteiger partial charge in [0.2, 0.25) is 5.91 Å². The fourth-order valence-corrected chi connectivity index (χ4v) is 3.56. The number of carbonyl (C=O) groups excluding carboxylic acids is 3. The number of nitrogens with one attached hydrogen (secondary N) is 1. The molecule has 1 aromatic rings. The Labute approximate surface area is 157 Å². The number of hydrogen-bond donors (Lipinski definition) is 2. The van der Waals surface area contributed by atoms with Crippen LogP contribution in [0.25, 0.3) is 0 Å². The Morgan fingerprint density at radius 2 is 1.93 bits per heavy atom. The van der Waals surface area contributed by atoms with Gasteiger partial charge in [0, 0.05) is 13.1 Å². The number of carboxylic acid groups (broad SMARTS) is 1. The van der Waals surface area contributed by atoms with Crippen molar-refractivity contribution in [2.45, 2.75) is 32.2 Å². The lowest BCUT2D eigenvalue weighted by atomic mass is 9.91. The maximum atomic E-state index is 12.9. The smallest absolute Gasteiger partial charge is 0.325 e. The maximum Gasteiger partial charge on any atom is 0.325 e. The number of carbonyl (C=O) groups is 4. The van der Waals surface area contributed by atoms with Gasteiger partial charge in [0.1, 0.15) is 12.1 Å². The third-order valence-corrected chi connectivity index (χ3v) is 5.32. The molecule has 4 amide bonds. The van der Waals surface area contributed by atoms with Crippen LogP contribution < -0.4 is 5.32 Å². The van der Waals surface area contributed by atoms with Crippen LogP contribution in [0.15, 0.2) is 24.3 Å². The summed E-state index contributed by atoms with van der Waals surface area (Å²) in [6.45, 7) is 3.69. The van der Waals surface area contributed by atoms with Crippen molar-refractivity contribution in [3.05, 3.63) is 35.4 Å². The molecule has 0 spiro atoms. The number of amides is 4.